The summed E-state index contributed by atoms with van der Waals surface area (Å²) in [6.45, 7) is 1.73. The van der Waals surface area contributed by atoms with Gasteiger partial charge in [-0.3, -0.25) is 9.78 Å². The second kappa shape index (κ2) is 8.49. The van der Waals surface area contributed by atoms with Crippen LogP contribution >= 0.6 is 0 Å². The van der Waals surface area contributed by atoms with E-state index in [0.717, 1.165) is 54.3 Å². The number of pyridine rings is 1. The van der Waals surface area contributed by atoms with Crippen molar-refractivity contribution in [2.45, 2.75) is 45.1 Å². The van der Waals surface area contributed by atoms with Gasteiger partial charge in [-0.15, -0.1) is 0 Å². The highest BCUT2D eigenvalue weighted by Crippen LogP contribution is 2.34. The number of anilines is 1. The first-order chi connectivity index (χ1) is 15.6. The maximum absolute atomic E-state index is 13.3. The molecule has 2 aromatic carbocycles. The first-order valence-corrected chi connectivity index (χ1v) is 10.9. The molecule has 7 nitrogen and oxygen atoms in total. The maximum Gasteiger partial charge on any atom is 0.339 e. The lowest BCUT2D eigenvalue weighted by Crippen LogP contribution is -2.30. The van der Waals surface area contributed by atoms with Crippen LogP contribution in [0.15, 0.2) is 42.5 Å². The molecule has 0 spiro atoms. The van der Waals surface area contributed by atoms with Gasteiger partial charge in [-0.1, -0.05) is 24.6 Å². The minimum Gasteiger partial charge on any atom is -0.454 e. The van der Waals surface area contributed by atoms with Gasteiger partial charge in [0.05, 0.1) is 11.1 Å². The molecule has 5 rings (SSSR count). The van der Waals surface area contributed by atoms with Crippen molar-refractivity contribution in [2.75, 3.05) is 12.1 Å². The number of aryl methyl sites for hydroxylation is 1. The molecule has 1 N–H and O–H groups in total. The van der Waals surface area contributed by atoms with E-state index in [1.165, 1.54) is 0 Å². The molecule has 0 saturated heterocycles. The molecule has 0 fully saturated rings. The molecule has 2 heterocycles. The Kier molecular flexibility index (Phi) is 5.39. The van der Waals surface area contributed by atoms with Gasteiger partial charge in [-0.25, -0.2) is 4.79 Å². The number of carbonyl (C=O) groups is 2. The lowest BCUT2D eigenvalue weighted by molar-refractivity contribution is -0.123. The van der Waals surface area contributed by atoms with Crippen LogP contribution < -0.4 is 14.8 Å². The first-order valence-electron chi connectivity index (χ1n) is 10.9. The zero-order valence-electron chi connectivity index (χ0n) is 17.8. The molecule has 1 aliphatic heterocycles. The monoisotopic (exact) mass is 432 g/mol. The molecule has 0 saturated carbocycles. The highest BCUT2D eigenvalue weighted by Gasteiger charge is 2.26. The average Bonchev–Trinajstić information content (AvgIpc) is 3.14. The molecule has 0 radical (unpaired) electrons. The Morgan fingerprint density at radius 1 is 1.03 bits per heavy atom. The largest absolute Gasteiger partial charge is 0.454 e. The van der Waals surface area contributed by atoms with E-state index in [1.54, 1.807) is 25.1 Å². The summed E-state index contributed by atoms with van der Waals surface area (Å²) in [6, 6.07) is 12.7. The Bertz CT molecular complexity index is 1210. The van der Waals surface area contributed by atoms with E-state index in [0.29, 0.717) is 22.7 Å². The standard InChI is InChI=1S/C25H24N2O5/c1-15(24(28)26-16-11-12-21-22(13-16)31-14-30-21)32-25(29)23-17-7-3-2-4-9-19(17)27-20-10-6-5-8-18(20)23/h5-6,8,10-13,15H,2-4,7,9,14H2,1H3,(H,26,28)/t15-/m0/s1. The Morgan fingerprint density at radius 2 is 1.84 bits per heavy atom. The van der Waals surface area contributed by atoms with Gasteiger partial charge in [-0.2, -0.15) is 0 Å². The molecule has 1 aliphatic carbocycles. The van der Waals surface area contributed by atoms with Gasteiger partial charge in [0.1, 0.15) is 0 Å². The number of hydrogen-bond donors (Lipinski definition) is 1. The first kappa shape index (κ1) is 20.3. The maximum atomic E-state index is 13.3. The van der Waals surface area contributed by atoms with E-state index in [4.69, 9.17) is 19.2 Å². The topological polar surface area (TPSA) is 86.8 Å². The van der Waals surface area contributed by atoms with Crippen LogP contribution in [-0.2, 0) is 22.4 Å². The number of fused-ring (bicyclic) bond motifs is 3. The van der Waals surface area contributed by atoms with Crippen LogP contribution in [0.2, 0.25) is 0 Å². The summed E-state index contributed by atoms with van der Waals surface area (Å²) in [4.78, 5) is 30.8. The smallest absolute Gasteiger partial charge is 0.339 e. The summed E-state index contributed by atoms with van der Waals surface area (Å²) in [6.07, 6.45) is 3.83. The predicted molar refractivity (Wildman–Crippen MR) is 119 cm³/mol. The third-order valence-electron chi connectivity index (χ3n) is 5.92. The molecule has 3 aromatic rings. The van der Waals surface area contributed by atoms with E-state index in [-0.39, 0.29) is 6.79 Å². The number of amides is 1. The number of esters is 1. The SMILES string of the molecule is C[C@H](OC(=O)c1c2c(nc3ccccc13)CCCCC2)C(=O)Nc1ccc2c(c1)OCO2. The number of ether oxygens (including phenoxy) is 3. The quantitative estimate of drug-likeness (QED) is 0.485. The lowest BCUT2D eigenvalue weighted by atomic mass is 9.97. The Hall–Kier alpha value is -3.61. The van der Waals surface area contributed by atoms with Gasteiger partial charge in [0.2, 0.25) is 6.79 Å². The number of hydrogen-bond acceptors (Lipinski definition) is 6. The average molecular weight is 432 g/mol. The van der Waals surface area contributed by atoms with Gasteiger partial charge < -0.3 is 19.5 Å². The lowest BCUT2D eigenvalue weighted by Gasteiger charge is -2.18. The van der Waals surface area contributed by atoms with Crippen LogP contribution in [0.5, 0.6) is 11.5 Å². The number of aromatic nitrogens is 1. The van der Waals surface area contributed by atoms with Crippen LogP contribution in [-0.4, -0.2) is 29.8 Å². The second-order valence-corrected chi connectivity index (χ2v) is 8.09. The van der Waals surface area contributed by atoms with Crippen molar-refractivity contribution in [1.82, 2.24) is 4.98 Å². The minimum absolute atomic E-state index is 0.158. The van der Waals surface area contributed by atoms with E-state index in [2.05, 4.69) is 5.32 Å². The number of benzene rings is 2. The Balaban J connectivity index is 1.38. The molecular weight excluding hydrogens is 408 g/mol. The predicted octanol–water partition coefficient (Wildman–Crippen LogP) is 4.42. The van der Waals surface area contributed by atoms with Crippen molar-refractivity contribution >= 4 is 28.5 Å². The molecular formula is C25H24N2O5. The fourth-order valence-corrected chi connectivity index (χ4v) is 4.27. The fraction of sp³-hybridized carbons (Fsp3) is 0.320. The molecule has 1 amide bonds. The van der Waals surface area contributed by atoms with Crippen molar-refractivity contribution in [3.63, 3.8) is 0 Å². The molecule has 1 aromatic heterocycles. The minimum atomic E-state index is -0.971. The second-order valence-electron chi connectivity index (χ2n) is 8.09. The number of rotatable bonds is 4. The zero-order chi connectivity index (χ0) is 22.1. The molecule has 2 aliphatic rings. The summed E-state index contributed by atoms with van der Waals surface area (Å²) in [5.74, 6) is 0.294. The zero-order valence-corrected chi connectivity index (χ0v) is 17.8. The van der Waals surface area contributed by atoms with E-state index >= 15 is 0 Å². The van der Waals surface area contributed by atoms with Crippen LogP contribution in [0.25, 0.3) is 10.9 Å². The van der Waals surface area contributed by atoms with E-state index < -0.39 is 18.0 Å². The number of nitrogens with zero attached hydrogens (tertiary/aromatic N) is 1. The number of carbonyl (C=O) groups excluding carboxylic acids is 2. The van der Waals surface area contributed by atoms with Crippen LogP contribution in [0.1, 0.15) is 47.8 Å². The molecule has 0 bridgehead atoms. The highest BCUT2D eigenvalue weighted by molar-refractivity contribution is 6.06. The Morgan fingerprint density at radius 3 is 2.75 bits per heavy atom. The molecule has 164 valence electrons. The number of nitrogens with one attached hydrogen (secondary N) is 1. The normalized spacial score (nSPS) is 15.5. The van der Waals surface area contributed by atoms with E-state index in [1.807, 2.05) is 24.3 Å². The van der Waals surface area contributed by atoms with Crippen molar-refractivity contribution < 1.29 is 23.8 Å². The Labute approximate surface area is 185 Å². The summed E-state index contributed by atoms with van der Waals surface area (Å²) >= 11 is 0. The van der Waals surface area contributed by atoms with Crippen molar-refractivity contribution in [1.29, 1.82) is 0 Å². The fourth-order valence-electron chi connectivity index (χ4n) is 4.27. The van der Waals surface area contributed by atoms with Gasteiger partial charge in [0, 0.05) is 22.8 Å². The van der Waals surface area contributed by atoms with Gasteiger partial charge in [0.25, 0.3) is 5.91 Å². The third-order valence-corrected chi connectivity index (χ3v) is 5.92. The number of para-hydroxylation sites is 1. The van der Waals surface area contributed by atoms with Gasteiger partial charge >= 0.3 is 5.97 Å². The van der Waals surface area contributed by atoms with Crippen molar-refractivity contribution in [3.05, 3.63) is 59.3 Å². The molecule has 32 heavy (non-hydrogen) atoms. The van der Waals surface area contributed by atoms with Crippen molar-refractivity contribution in [3.8, 4) is 11.5 Å². The molecule has 1 atom stereocenters. The summed E-state index contributed by atoms with van der Waals surface area (Å²) in [7, 11) is 0. The molecule has 0 unspecified atom stereocenters. The van der Waals surface area contributed by atoms with Gasteiger partial charge in [0.15, 0.2) is 17.6 Å². The van der Waals surface area contributed by atoms with E-state index in [9.17, 15) is 9.59 Å². The summed E-state index contributed by atoms with van der Waals surface area (Å²) < 4.78 is 16.3. The summed E-state index contributed by atoms with van der Waals surface area (Å²) in [5.41, 5.74) is 3.78. The van der Waals surface area contributed by atoms with Crippen LogP contribution in [0.4, 0.5) is 5.69 Å². The van der Waals surface area contributed by atoms with Crippen LogP contribution in [0.3, 0.4) is 0 Å². The summed E-state index contributed by atoms with van der Waals surface area (Å²) in [5, 5.41) is 3.54. The van der Waals surface area contributed by atoms with Gasteiger partial charge in [-0.05, 0) is 56.4 Å². The highest BCUT2D eigenvalue weighted by atomic mass is 16.7. The molecule has 7 heteroatoms. The third kappa shape index (κ3) is 3.86. The van der Waals surface area contributed by atoms with Crippen molar-refractivity contribution in [2.24, 2.45) is 0 Å². The van der Waals surface area contributed by atoms with Crippen LogP contribution in [0, 0.1) is 0 Å².